The quantitative estimate of drug-likeness (QED) is 0.684. The van der Waals surface area contributed by atoms with Crippen LogP contribution in [0, 0.1) is 0 Å². The first kappa shape index (κ1) is 8.20. The van der Waals surface area contributed by atoms with E-state index in [1.807, 2.05) is 0 Å². The second kappa shape index (κ2) is 3.15. The summed E-state index contributed by atoms with van der Waals surface area (Å²) < 4.78 is 12.5. The lowest BCUT2D eigenvalue weighted by molar-refractivity contribution is 0.0332. The lowest BCUT2D eigenvalue weighted by atomic mass is 10.1. The average Bonchev–Trinajstić information content (AvgIpc) is 2.49. The zero-order valence-corrected chi connectivity index (χ0v) is 7.85. The van der Waals surface area contributed by atoms with Crippen molar-refractivity contribution in [2.24, 2.45) is 0 Å². The number of hydrogen-bond acceptors (Lipinski definition) is 2. The molecule has 0 aromatic carbocycles. The largest absolute Gasteiger partial charge is 0.291 e. The van der Waals surface area contributed by atoms with Gasteiger partial charge in [-0.2, -0.15) is 11.3 Å². The van der Waals surface area contributed by atoms with Gasteiger partial charge in [0, 0.05) is 19.1 Å². The fourth-order valence-electron chi connectivity index (χ4n) is 1.50. The second-order valence-corrected chi connectivity index (χ2v) is 4.06. The zero-order valence-electron chi connectivity index (χ0n) is 7.03. The molecule has 1 fully saturated rings. The van der Waals surface area contributed by atoms with Gasteiger partial charge in [-0.25, -0.2) is 4.39 Å². The van der Waals surface area contributed by atoms with Crippen LogP contribution in [0.5, 0.6) is 0 Å². The topological polar surface area (TPSA) is 3.24 Å². The summed E-state index contributed by atoms with van der Waals surface area (Å²) >= 11 is 1.70. The highest BCUT2D eigenvalue weighted by Crippen LogP contribution is 2.27. The standard InChI is InChI=1S/C9H12FNS/c1-7(8-2-3-12-6-8)11-4-9(10)5-11/h2-3,6-7,9H,4-5H2,1H3. The number of hydrogen-bond donors (Lipinski definition) is 0. The third kappa shape index (κ3) is 1.39. The molecule has 1 aromatic rings. The lowest BCUT2D eigenvalue weighted by Crippen LogP contribution is -2.49. The van der Waals surface area contributed by atoms with Crippen LogP contribution in [0.3, 0.4) is 0 Å². The van der Waals surface area contributed by atoms with Crippen molar-refractivity contribution in [2.45, 2.75) is 19.1 Å². The van der Waals surface area contributed by atoms with E-state index in [-0.39, 0.29) is 0 Å². The van der Waals surface area contributed by atoms with Crippen LogP contribution in [0.1, 0.15) is 18.5 Å². The molecule has 2 rings (SSSR count). The van der Waals surface area contributed by atoms with Gasteiger partial charge < -0.3 is 0 Å². The molecule has 0 saturated carbocycles. The van der Waals surface area contributed by atoms with Gasteiger partial charge in [-0.15, -0.1) is 0 Å². The van der Waals surface area contributed by atoms with Gasteiger partial charge in [-0.3, -0.25) is 4.90 Å². The fraction of sp³-hybridized carbons (Fsp3) is 0.556. The first-order valence-corrected chi connectivity index (χ1v) is 5.12. The van der Waals surface area contributed by atoms with Gasteiger partial charge in [0.2, 0.25) is 0 Å². The van der Waals surface area contributed by atoms with Crippen LogP contribution >= 0.6 is 11.3 Å². The molecule has 0 spiro atoms. The molecule has 0 radical (unpaired) electrons. The molecule has 0 bridgehead atoms. The Labute approximate surface area is 75.8 Å². The average molecular weight is 185 g/mol. The number of rotatable bonds is 2. The van der Waals surface area contributed by atoms with Crippen molar-refractivity contribution in [3.8, 4) is 0 Å². The van der Waals surface area contributed by atoms with Gasteiger partial charge in [-0.05, 0) is 29.3 Å². The minimum absolute atomic E-state index is 0.392. The summed E-state index contributed by atoms with van der Waals surface area (Å²) in [5, 5.41) is 4.20. The Bertz CT molecular complexity index is 241. The Kier molecular flexibility index (Phi) is 2.15. The SMILES string of the molecule is CC(c1ccsc1)N1CC(F)C1. The highest BCUT2D eigenvalue weighted by molar-refractivity contribution is 7.07. The van der Waals surface area contributed by atoms with Crippen LogP contribution in [0.4, 0.5) is 4.39 Å². The van der Waals surface area contributed by atoms with Crippen molar-refractivity contribution in [3.05, 3.63) is 22.4 Å². The van der Waals surface area contributed by atoms with Gasteiger partial charge in [0.15, 0.2) is 0 Å². The maximum Gasteiger partial charge on any atom is 0.125 e. The van der Waals surface area contributed by atoms with Crippen molar-refractivity contribution in [3.63, 3.8) is 0 Å². The van der Waals surface area contributed by atoms with Crippen molar-refractivity contribution in [2.75, 3.05) is 13.1 Å². The van der Waals surface area contributed by atoms with Crippen LogP contribution < -0.4 is 0 Å². The van der Waals surface area contributed by atoms with Crippen LogP contribution in [0.2, 0.25) is 0 Å². The number of alkyl halides is 1. The van der Waals surface area contributed by atoms with Gasteiger partial charge >= 0.3 is 0 Å². The molecule has 1 unspecified atom stereocenters. The van der Waals surface area contributed by atoms with Crippen LogP contribution in [0.25, 0.3) is 0 Å². The highest BCUT2D eigenvalue weighted by Gasteiger charge is 2.30. The predicted octanol–water partition coefficient (Wildman–Crippen LogP) is 2.46. The molecule has 0 amide bonds. The van der Waals surface area contributed by atoms with Crippen molar-refractivity contribution in [1.29, 1.82) is 0 Å². The van der Waals surface area contributed by atoms with Gasteiger partial charge in [-0.1, -0.05) is 0 Å². The van der Waals surface area contributed by atoms with E-state index >= 15 is 0 Å². The highest BCUT2D eigenvalue weighted by atomic mass is 32.1. The summed E-state index contributed by atoms with van der Waals surface area (Å²) in [7, 11) is 0. The molecule has 1 atom stereocenters. The van der Waals surface area contributed by atoms with Crippen molar-refractivity contribution in [1.82, 2.24) is 4.90 Å². The minimum Gasteiger partial charge on any atom is -0.291 e. The summed E-state index contributed by atoms with van der Waals surface area (Å²) in [4.78, 5) is 2.16. The van der Waals surface area contributed by atoms with Crippen molar-refractivity contribution >= 4 is 11.3 Å². The van der Waals surface area contributed by atoms with E-state index in [9.17, 15) is 4.39 Å². The first-order chi connectivity index (χ1) is 5.77. The lowest BCUT2D eigenvalue weighted by Gasteiger charge is -2.38. The van der Waals surface area contributed by atoms with Gasteiger partial charge in [0.25, 0.3) is 0 Å². The molecule has 3 heteroatoms. The number of nitrogens with zero attached hydrogens (tertiary/aromatic N) is 1. The summed E-state index contributed by atoms with van der Waals surface area (Å²) in [6, 6.07) is 2.50. The van der Waals surface area contributed by atoms with E-state index in [0.29, 0.717) is 19.1 Å². The number of likely N-dealkylation sites (tertiary alicyclic amines) is 1. The Hall–Kier alpha value is -0.410. The molecule has 1 aliphatic rings. The van der Waals surface area contributed by atoms with Gasteiger partial charge in [0.1, 0.15) is 6.17 Å². The van der Waals surface area contributed by atoms with E-state index in [2.05, 4.69) is 28.7 Å². The third-order valence-corrected chi connectivity index (χ3v) is 3.14. The van der Waals surface area contributed by atoms with E-state index in [1.54, 1.807) is 11.3 Å². The van der Waals surface area contributed by atoms with Gasteiger partial charge in [0.05, 0.1) is 0 Å². The van der Waals surface area contributed by atoms with E-state index in [1.165, 1.54) is 5.56 Å². The molecule has 66 valence electrons. The second-order valence-electron chi connectivity index (χ2n) is 3.28. The molecule has 0 N–H and O–H groups in total. The van der Waals surface area contributed by atoms with Crippen LogP contribution in [-0.4, -0.2) is 24.2 Å². The minimum atomic E-state index is -0.592. The maximum atomic E-state index is 12.5. The number of thiophene rings is 1. The van der Waals surface area contributed by atoms with Crippen LogP contribution in [0.15, 0.2) is 16.8 Å². The molecular formula is C9H12FNS. The monoisotopic (exact) mass is 185 g/mol. The summed E-state index contributed by atoms with van der Waals surface area (Å²) in [5.41, 5.74) is 1.31. The first-order valence-electron chi connectivity index (χ1n) is 4.17. The van der Waals surface area contributed by atoms with Crippen LogP contribution in [-0.2, 0) is 0 Å². The molecule has 1 aromatic heterocycles. The zero-order chi connectivity index (χ0) is 8.55. The fourth-order valence-corrected chi connectivity index (χ4v) is 2.24. The molecule has 1 aliphatic heterocycles. The number of halogens is 1. The van der Waals surface area contributed by atoms with E-state index in [0.717, 1.165) is 0 Å². The van der Waals surface area contributed by atoms with E-state index in [4.69, 9.17) is 0 Å². The summed E-state index contributed by atoms with van der Waals surface area (Å²) in [6.07, 6.45) is -0.592. The third-order valence-electron chi connectivity index (χ3n) is 2.44. The molecule has 1 nitrogen and oxygen atoms in total. The maximum absolute atomic E-state index is 12.5. The molecule has 2 heterocycles. The Morgan fingerprint density at radius 3 is 2.92 bits per heavy atom. The normalized spacial score (nSPS) is 22.2. The molecule has 12 heavy (non-hydrogen) atoms. The Morgan fingerprint density at radius 2 is 2.42 bits per heavy atom. The molecule has 1 saturated heterocycles. The predicted molar refractivity (Wildman–Crippen MR) is 49.2 cm³/mol. The molecular weight excluding hydrogens is 173 g/mol. The Balaban J connectivity index is 1.97. The smallest absolute Gasteiger partial charge is 0.125 e. The van der Waals surface area contributed by atoms with E-state index < -0.39 is 6.17 Å². The molecule has 0 aliphatic carbocycles. The summed E-state index contributed by atoms with van der Waals surface area (Å²) in [5.74, 6) is 0. The van der Waals surface area contributed by atoms with Crippen molar-refractivity contribution < 1.29 is 4.39 Å². The summed E-state index contributed by atoms with van der Waals surface area (Å²) in [6.45, 7) is 3.35. The Morgan fingerprint density at radius 1 is 1.67 bits per heavy atom.